The van der Waals surface area contributed by atoms with Crippen LogP contribution in [0.2, 0.25) is 0 Å². The summed E-state index contributed by atoms with van der Waals surface area (Å²) in [5.41, 5.74) is 5.81. The molecule has 0 spiro atoms. The zero-order valence-corrected chi connectivity index (χ0v) is 8.80. The maximum absolute atomic E-state index is 11.4. The quantitative estimate of drug-likeness (QED) is 0.584. The molecule has 76 valence electrons. The fraction of sp³-hybridized carbons (Fsp3) is 0.333. The second kappa shape index (κ2) is 5.39. The first kappa shape index (κ1) is 10.7. The van der Waals surface area contributed by atoms with Crippen LogP contribution < -0.4 is 11.1 Å². The molecule has 0 aliphatic rings. The third-order valence-electron chi connectivity index (χ3n) is 1.59. The van der Waals surface area contributed by atoms with E-state index in [1.165, 1.54) is 11.3 Å². The number of carbonyl (C=O) groups excluding carboxylic acids is 1. The first-order valence-corrected chi connectivity index (χ1v) is 5.22. The number of rotatable bonds is 4. The Morgan fingerprint density at radius 1 is 1.79 bits per heavy atom. The molecule has 1 aromatic rings. The number of nitrogens with two attached hydrogens (primary N) is 1. The van der Waals surface area contributed by atoms with E-state index in [9.17, 15) is 4.79 Å². The number of anilines is 1. The molecule has 4 nitrogen and oxygen atoms in total. The average Bonchev–Trinajstić information content (AvgIpc) is 2.59. The van der Waals surface area contributed by atoms with Gasteiger partial charge in [-0.25, -0.2) is 4.98 Å². The van der Waals surface area contributed by atoms with Crippen LogP contribution >= 0.6 is 11.3 Å². The monoisotopic (exact) mass is 211 g/mol. The fourth-order valence-electron chi connectivity index (χ4n) is 0.918. The van der Waals surface area contributed by atoms with Gasteiger partial charge in [0.05, 0.1) is 0 Å². The van der Waals surface area contributed by atoms with Gasteiger partial charge in [-0.15, -0.1) is 11.3 Å². The standard InChI is InChI=1S/C9H13N3OS/c1-2-3-4-5-11-8(13)7-6-14-9(10)12-7/h2-3,6H,4-5H2,1H3,(H2,10,12)(H,11,13)/b3-2+. The number of aromatic nitrogens is 1. The molecule has 0 fully saturated rings. The van der Waals surface area contributed by atoms with Gasteiger partial charge in [-0.05, 0) is 13.3 Å². The zero-order chi connectivity index (χ0) is 10.4. The predicted octanol–water partition coefficient (Wildman–Crippen LogP) is 1.42. The topological polar surface area (TPSA) is 68.0 Å². The highest BCUT2D eigenvalue weighted by atomic mass is 32.1. The van der Waals surface area contributed by atoms with E-state index in [0.29, 0.717) is 17.4 Å². The van der Waals surface area contributed by atoms with E-state index in [-0.39, 0.29) is 5.91 Å². The summed E-state index contributed by atoms with van der Waals surface area (Å²) in [7, 11) is 0. The van der Waals surface area contributed by atoms with Gasteiger partial charge >= 0.3 is 0 Å². The number of nitrogens with one attached hydrogen (secondary N) is 1. The van der Waals surface area contributed by atoms with Crippen molar-refractivity contribution >= 4 is 22.4 Å². The second-order valence-electron chi connectivity index (χ2n) is 2.68. The molecule has 5 heteroatoms. The van der Waals surface area contributed by atoms with Gasteiger partial charge in [0, 0.05) is 11.9 Å². The molecule has 14 heavy (non-hydrogen) atoms. The minimum Gasteiger partial charge on any atom is -0.375 e. The van der Waals surface area contributed by atoms with E-state index in [0.717, 1.165) is 6.42 Å². The van der Waals surface area contributed by atoms with Gasteiger partial charge in [0.1, 0.15) is 5.69 Å². The first-order valence-electron chi connectivity index (χ1n) is 4.34. The van der Waals surface area contributed by atoms with E-state index in [1.54, 1.807) is 5.38 Å². The highest BCUT2D eigenvalue weighted by Gasteiger charge is 2.07. The fourth-order valence-corrected chi connectivity index (χ4v) is 1.46. The first-order chi connectivity index (χ1) is 6.74. The van der Waals surface area contributed by atoms with Gasteiger partial charge in [-0.3, -0.25) is 4.79 Å². The third-order valence-corrected chi connectivity index (χ3v) is 2.26. The zero-order valence-electron chi connectivity index (χ0n) is 7.99. The maximum Gasteiger partial charge on any atom is 0.270 e. The molecular weight excluding hydrogens is 198 g/mol. The van der Waals surface area contributed by atoms with Gasteiger partial charge in [0.15, 0.2) is 5.13 Å². The van der Waals surface area contributed by atoms with E-state index < -0.39 is 0 Å². The molecule has 1 amide bonds. The molecule has 0 atom stereocenters. The summed E-state index contributed by atoms with van der Waals surface area (Å²) in [5, 5.41) is 4.82. The van der Waals surface area contributed by atoms with Crippen molar-refractivity contribution in [2.45, 2.75) is 13.3 Å². The van der Waals surface area contributed by atoms with Crippen LogP contribution in [0.5, 0.6) is 0 Å². The van der Waals surface area contributed by atoms with Crippen LogP contribution in [0.1, 0.15) is 23.8 Å². The van der Waals surface area contributed by atoms with Crippen LogP contribution in [0.3, 0.4) is 0 Å². The van der Waals surface area contributed by atoms with Crippen LogP contribution in [-0.2, 0) is 0 Å². The van der Waals surface area contributed by atoms with E-state index >= 15 is 0 Å². The minimum absolute atomic E-state index is 0.164. The van der Waals surface area contributed by atoms with Crippen LogP contribution in [0, 0.1) is 0 Å². The van der Waals surface area contributed by atoms with Crippen LogP contribution in [0.15, 0.2) is 17.5 Å². The molecule has 0 aliphatic carbocycles. The maximum atomic E-state index is 11.4. The van der Waals surface area contributed by atoms with Crippen molar-refractivity contribution in [1.82, 2.24) is 10.3 Å². The Kier molecular flexibility index (Phi) is 4.12. The van der Waals surface area contributed by atoms with E-state index in [1.807, 2.05) is 19.1 Å². The number of carbonyl (C=O) groups is 1. The lowest BCUT2D eigenvalue weighted by molar-refractivity contribution is 0.0950. The van der Waals surface area contributed by atoms with Crippen molar-refractivity contribution < 1.29 is 4.79 Å². The number of hydrogen-bond acceptors (Lipinski definition) is 4. The van der Waals surface area contributed by atoms with Gasteiger partial charge in [0.2, 0.25) is 0 Å². The van der Waals surface area contributed by atoms with Crippen molar-refractivity contribution in [1.29, 1.82) is 0 Å². The Balaban J connectivity index is 2.35. The molecule has 0 unspecified atom stereocenters. The highest BCUT2D eigenvalue weighted by Crippen LogP contribution is 2.10. The smallest absolute Gasteiger partial charge is 0.270 e. The molecule has 0 aromatic carbocycles. The lowest BCUT2D eigenvalue weighted by Gasteiger charge is -1.99. The van der Waals surface area contributed by atoms with Gasteiger partial charge in [-0.2, -0.15) is 0 Å². The molecule has 1 rings (SSSR count). The molecule has 0 radical (unpaired) electrons. The van der Waals surface area contributed by atoms with Crippen LogP contribution in [-0.4, -0.2) is 17.4 Å². The molecule has 0 saturated heterocycles. The molecule has 0 saturated carbocycles. The summed E-state index contributed by atoms with van der Waals surface area (Å²) in [6.45, 7) is 2.57. The molecule has 0 bridgehead atoms. The normalized spacial score (nSPS) is 10.6. The Morgan fingerprint density at radius 2 is 2.57 bits per heavy atom. The number of allylic oxidation sites excluding steroid dienone is 1. The Labute approximate surface area is 86.8 Å². The summed E-state index contributed by atoms with van der Waals surface area (Å²) in [4.78, 5) is 15.3. The molecule has 3 N–H and O–H groups in total. The third kappa shape index (κ3) is 3.18. The summed E-state index contributed by atoms with van der Waals surface area (Å²) in [6.07, 6.45) is 4.78. The lowest BCUT2D eigenvalue weighted by atomic mass is 10.3. The van der Waals surface area contributed by atoms with Crippen molar-refractivity contribution in [3.05, 3.63) is 23.2 Å². The summed E-state index contributed by atoms with van der Waals surface area (Å²) in [6, 6.07) is 0. The SMILES string of the molecule is C/C=C/CCNC(=O)c1csc(N)n1. The lowest BCUT2D eigenvalue weighted by Crippen LogP contribution is -2.24. The van der Waals surface area contributed by atoms with Crippen molar-refractivity contribution in [3.8, 4) is 0 Å². The Morgan fingerprint density at radius 3 is 3.14 bits per heavy atom. The summed E-state index contributed by atoms with van der Waals surface area (Å²) in [5.74, 6) is -0.164. The number of thiazole rings is 1. The Hall–Kier alpha value is -1.36. The number of hydrogen-bond donors (Lipinski definition) is 2. The molecular formula is C9H13N3OS. The molecule has 0 aliphatic heterocycles. The molecule has 1 aromatic heterocycles. The number of amides is 1. The van der Waals surface area contributed by atoms with Crippen molar-refractivity contribution in [3.63, 3.8) is 0 Å². The molecule has 1 heterocycles. The largest absolute Gasteiger partial charge is 0.375 e. The van der Waals surface area contributed by atoms with Gasteiger partial charge in [0.25, 0.3) is 5.91 Å². The number of nitrogens with zero attached hydrogens (tertiary/aromatic N) is 1. The highest BCUT2D eigenvalue weighted by molar-refractivity contribution is 7.13. The van der Waals surface area contributed by atoms with Crippen molar-refractivity contribution in [2.75, 3.05) is 12.3 Å². The summed E-state index contributed by atoms with van der Waals surface area (Å²) < 4.78 is 0. The minimum atomic E-state index is -0.164. The van der Waals surface area contributed by atoms with Crippen LogP contribution in [0.4, 0.5) is 5.13 Å². The number of nitrogen functional groups attached to an aromatic ring is 1. The van der Waals surface area contributed by atoms with Crippen molar-refractivity contribution in [2.24, 2.45) is 0 Å². The predicted molar refractivity (Wildman–Crippen MR) is 58.3 cm³/mol. The van der Waals surface area contributed by atoms with Gasteiger partial charge < -0.3 is 11.1 Å². The van der Waals surface area contributed by atoms with Crippen LogP contribution in [0.25, 0.3) is 0 Å². The van der Waals surface area contributed by atoms with E-state index in [4.69, 9.17) is 5.73 Å². The van der Waals surface area contributed by atoms with E-state index in [2.05, 4.69) is 10.3 Å². The van der Waals surface area contributed by atoms with Gasteiger partial charge in [-0.1, -0.05) is 12.2 Å². The second-order valence-corrected chi connectivity index (χ2v) is 3.57. The Bertz CT molecular complexity index is 333. The summed E-state index contributed by atoms with van der Waals surface area (Å²) >= 11 is 1.27. The average molecular weight is 211 g/mol.